The molecule has 0 fully saturated rings. The molecule has 170 valence electrons. The van der Waals surface area contributed by atoms with Crippen LogP contribution in [0.2, 0.25) is 0 Å². The minimum atomic E-state index is -4.41. The molecule has 0 amide bonds. The van der Waals surface area contributed by atoms with E-state index in [9.17, 15) is 18.0 Å². The molecule has 2 heterocycles. The van der Waals surface area contributed by atoms with E-state index < -0.39 is 23.1 Å². The molecule has 2 aromatic heterocycles. The van der Waals surface area contributed by atoms with E-state index in [0.29, 0.717) is 28.9 Å². The monoisotopic (exact) mass is 453 g/mol. The molecule has 8 heteroatoms. The van der Waals surface area contributed by atoms with Gasteiger partial charge in [0.2, 0.25) is 0 Å². The van der Waals surface area contributed by atoms with Gasteiger partial charge >= 0.3 is 12.1 Å². The zero-order chi connectivity index (χ0) is 23.6. The van der Waals surface area contributed by atoms with Crippen LogP contribution in [-0.4, -0.2) is 27.2 Å². The summed E-state index contributed by atoms with van der Waals surface area (Å²) in [5, 5.41) is 4.44. The Labute approximate surface area is 188 Å². The molecule has 33 heavy (non-hydrogen) atoms. The number of aromatic nitrogens is 3. The molecule has 0 bridgehead atoms. The molecule has 4 rings (SSSR count). The van der Waals surface area contributed by atoms with Crippen LogP contribution in [0, 0.1) is 0 Å². The molecule has 0 aliphatic heterocycles. The standard InChI is InChI=1S/C25H22F3N3O2/c1-3-33-23(32)24(2,15-17-7-5-4-6-8-17)21-13-14-29-22-20(16-30-31(21)22)18-9-11-19(12-10-18)25(26,27)28/h4-14,16H,3,15H2,1-2H3/t24-/m1/s1. The van der Waals surface area contributed by atoms with Crippen LogP contribution >= 0.6 is 0 Å². The maximum atomic E-state index is 13.1. The van der Waals surface area contributed by atoms with Crippen LogP contribution in [0.15, 0.2) is 73.1 Å². The van der Waals surface area contributed by atoms with Gasteiger partial charge in [-0.15, -0.1) is 0 Å². The quantitative estimate of drug-likeness (QED) is 0.363. The van der Waals surface area contributed by atoms with Crippen molar-refractivity contribution in [1.82, 2.24) is 14.6 Å². The number of carbonyl (C=O) groups excluding carboxylic acids is 1. The summed E-state index contributed by atoms with van der Waals surface area (Å²) in [6, 6.07) is 16.1. The first kappa shape index (κ1) is 22.5. The average Bonchev–Trinajstić information content (AvgIpc) is 3.23. The Hall–Kier alpha value is -3.68. The first-order chi connectivity index (χ1) is 15.7. The van der Waals surface area contributed by atoms with Crippen molar-refractivity contribution in [2.24, 2.45) is 0 Å². The topological polar surface area (TPSA) is 56.5 Å². The Balaban J connectivity index is 1.81. The highest BCUT2D eigenvalue weighted by Gasteiger charge is 2.40. The van der Waals surface area contributed by atoms with E-state index >= 15 is 0 Å². The van der Waals surface area contributed by atoms with Crippen LogP contribution in [0.4, 0.5) is 13.2 Å². The summed E-state index contributed by atoms with van der Waals surface area (Å²) < 4.78 is 45.8. The van der Waals surface area contributed by atoms with Gasteiger partial charge in [0.05, 0.1) is 24.1 Å². The number of fused-ring (bicyclic) bond motifs is 1. The number of hydrogen-bond acceptors (Lipinski definition) is 4. The van der Waals surface area contributed by atoms with Gasteiger partial charge in [-0.1, -0.05) is 42.5 Å². The Morgan fingerprint density at radius 2 is 1.73 bits per heavy atom. The smallest absolute Gasteiger partial charge is 0.416 e. The normalized spacial score (nSPS) is 13.6. The molecular formula is C25H22F3N3O2. The lowest BCUT2D eigenvalue weighted by atomic mass is 9.80. The van der Waals surface area contributed by atoms with E-state index in [4.69, 9.17) is 4.74 Å². The molecule has 0 unspecified atom stereocenters. The van der Waals surface area contributed by atoms with Crippen molar-refractivity contribution in [1.29, 1.82) is 0 Å². The predicted molar refractivity (Wildman–Crippen MR) is 118 cm³/mol. The van der Waals surface area contributed by atoms with E-state index in [2.05, 4.69) is 10.1 Å². The lowest BCUT2D eigenvalue weighted by Crippen LogP contribution is -2.38. The third kappa shape index (κ3) is 4.33. The van der Waals surface area contributed by atoms with Crippen LogP contribution in [0.1, 0.15) is 30.7 Å². The summed E-state index contributed by atoms with van der Waals surface area (Å²) in [6.07, 6.45) is -0.921. The summed E-state index contributed by atoms with van der Waals surface area (Å²) >= 11 is 0. The second-order valence-electron chi connectivity index (χ2n) is 7.91. The minimum Gasteiger partial charge on any atom is -0.465 e. The first-order valence-electron chi connectivity index (χ1n) is 10.5. The molecule has 0 aliphatic rings. The number of halogens is 3. The molecule has 4 aromatic rings. The molecule has 0 N–H and O–H groups in total. The highest BCUT2D eigenvalue weighted by atomic mass is 19.4. The maximum Gasteiger partial charge on any atom is 0.416 e. The first-order valence-corrected chi connectivity index (χ1v) is 10.5. The van der Waals surface area contributed by atoms with Gasteiger partial charge in [-0.3, -0.25) is 4.79 Å². The van der Waals surface area contributed by atoms with Crippen molar-refractivity contribution in [3.63, 3.8) is 0 Å². The van der Waals surface area contributed by atoms with Crippen LogP contribution in [0.3, 0.4) is 0 Å². The van der Waals surface area contributed by atoms with E-state index in [1.165, 1.54) is 12.1 Å². The third-order valence-electron chi connectivity index (χ3n) is 5.62. The van der Waals surface area contributed by atoms with E-state index in [0.717, 1.165) is 17.7 Å². The van der Waals surface area contributed by atoms with Gasteiger partial charge in [-0.25, -0.2) is 9.50 Å². The fourth-order valence-electron chi connectivity index (χ4n) is 3.91. The van der Waals surface area contributed by atoms with Crippen molar-refractivity contribution in [3.05, 3.63) is 89.9 Å². The van der Waals surface area contributed by atoms with Crippen LogP contribution in [0.5, 0.6) is 0 Å². The molecule has 0 saturated carbocycles. The molecule has 0 spiro atoms. The minimum absolute atomic E-state index is 0.230. The van der Waals surface area contributed by atoms with E-state index in [-0.39, 0.29) is 6.61 Å². The lowest BCUT2D eigenvalue weighted by molar-refractivity contribution is -0.149. The van der Waals surface area contributed by atoms with Crippen LogP contribution in [-0.2, 0) is 27.5 Å². The fourth-order valence-corrected chi connectivity index (χ4v) is 3.91. The average molecular weight is 453 g/mol. The van der Waals surface area contributed by atoms with Gasteiger partial charge in [0.15, 0.2) is 5.65 Å². The Morgan fingerprint density at radius 3 is 2.36 bits per heavy atom. The van der Waals surface area contributed by atoms with E-state index in [1.54, 1.807) is 36.8 Å². The number of esters is 1. The number of carbonyl (C=O) groups is 1. The SMILES string of the molecule is CCOC(=O)[C@](C)(Cc1ccccc1)c1ccnc2c(-c3ccc(C(F)(F)F)cc3)cnn12. The molecule has 0 aliphatic carbocycles. The fraction of sp³-hybridized carbons (Fsp3) is 0.240. The molecule has 0 saturated heterocycles. The number of hydrogen-bond donors (Lipinski definition) is 0. The molecule has 5 nitrogen and oxygen atoms in total. The molecule has 2 aromatic carbocycles. The van der Waals surface area contributed by atoms with Gasteiger partial charge in [0.25, 0.3) is 0 Å². The largest absolute Gasteiger partial charge is 0.465 e. The highest BCUT2D eigenvalue weighted by Crippen LogP contribution is 2.34. The summed E-state index contributed by atoms with van der Waals surface area (Å²) in [5.74, 6) is -0.395. The third-order valence-corrected chi connectivity index (χ3v) is 5.62. The number of benzene rings is 2. The zero-order valence-electron chi connectivity index (χ0n) is 18.1. The van der Waals surface area contributed by atoms with Gasteiger partial charge in [0, 0.05) is 11.8 Å². The second kappa shape index (κ2) is 8.69. The number of rotatable bonds is 6. The number of ether oxygens (including phenoxy) is 1. The summed E-state index contributed by atoms with van der Waals surface area (Å²) in [4.78, 5) is 17.5. The zero-order valence-corrected chi connectivity index (χ0v) is 18.1. The Bertz CT molecular complexity index is 1270. The van der Waals surface area contributed by atoms with Gasteiger partial charge < -0.3 is 4.74 Å². The molecule has 1 atom stereocenters. The summed E-state index contributed by atoms with van der Waals surface area (Å²) in [6.45, 7) is 3.78. The Morgan fingerprint density at radius 1 is 1.03 bits per heavy atom. The van der Waals surface area contributed by atoms with Gasteiger partial charge in [-0.05, 0) is 49.6 Å². The summed E-state index contributed by atoms with van der Waals surface area (Å²) in [5.41, 5.74) is 1.29. The van der Waals surface area contributed by atoms with Crippen LogP contribution in [0.25, 0.3) is 16.8 Å². The number of nitrogens with zero attached hydrogens (tertiary/aromatic N) is 3. The second-order valence-corrected chi connectivity index (χ2v) is 7.91. The molecular weight excluding hydrogens is 431 g/mol. The van der Waals surface area contributed by atoms with E-state index in [1.807, 2.05) is 30.3 Å². The summed E-state index contributed by atoms with van der Waals surface area (Å²) in [7, 11) is 0. The Kier molecular flexibility index (Phi) is 5.93. The highest BCUT2D eigenvalue weighted by molar-refractivity contribution is 5.84. The van der Waals surface area contributed by atoms with Crippen LogP contribution < -0.4 is 0 Å². The van der Waals surface area contributed by atoms with Gasteiger partial charge in [-0.2, -0.15) is 18.3 Å². The lowest BCUT2D eigenvalue weighted by Gasteiger charge is -2.28. The maximum absolute atomic E-state index is 13.1. The predicted octanol–water partition coefficient (Wildman–Crippen LogP) is 5.48. The van der Waals surface area contributed by atoms with Crippen molar-refractivity contribution >= 4 is 11.6 Å². The molecule has 0 radical (unpaired) electrons. The van der Waals surface area contributed by atoms with Crippen molar-refractivity contribution < 1.29 is 22.7 Å². The van der Waals surface area contributed by atoms with Gasteiger partial charge in [0.1, 0.15) is 5.41 Å². The van der Waals surface area contributed by atoms with Crippen molar-refractivity contribution in [2.75, 3.05) is 6.61 Å². The van der Waals surface area contributed by atoms with Crippen molar-refractivity contribution in [3.8, 4) is 11.1 Å². The van der Waals surface area contributed by atoms with Crippen molar-refractivity contribution in [2.45, 2.75) is 31.9 Å². The number of alkyl halides is 3.